The highest BCUT2D eigenvalue weighted by atomic mass is 16.5. The Kier molecular flexibility index (Phi) is 5.14. The Morgan fingerprint density at radius 3 is 2.59 bits per heavy atom. The van der Waals surface area contributed by atoms with Gasteiger partial charge in [-0.25, -0.2) is 4.98 Å². The first-order valence-corrected chi connectivity index (χ1v) is 9.33. The van der Waals surface area contributed by atoms with Crippen LogP contribution in [0.2, 0.25) is 0 Å². The number of aryl methyl sites for hydroxylation is 1. The lowest BCUT2D eigenvalue weighted by molar-refractivity contribution is 0.0952. The van der Waals surface area contributed by atoms with Crippen molar-refractivity contribution in [3.05, 3.63) is 71.1 Å². The fraction of sp³-hybridized carbons (Fsp3) is 0.227. The van der Waals surface area contributed by atoms with E-state index in [0.717, 1.165) is 12.1 Å². The quantitative estimate of drug-likeness (QED) is 0.539. The zero-order valence-electron chi connectivity index (χ0n) is 16.6. The SMILES string of the molecule is Cc1noc2nc(-c3ccco3)cc(C(=O)NCc3ccc(CN(C)C)cc3)c12. The van der Waals surface area contributed by atoms with Gasteiger partial charge in [0, 0.05) is 13.1 Å². The van der Waals surface area contributed by atoms with Crippen molar-refractivity contribution in [3.63, 3.8) is 0 Å². The molecule has 1 amide bonds. The van der Waals surface area contributed by atoms with Crippen LogP contribution >= 0.6 is 0 Å². The molecule has 0 atom stereocenters. The van der Waals surface area contributed by atoms with Crippen LogP contribution in [0.1, 0.15) is 27.2 Å². The molecule has 29 heavy (non-hydrogen) atoms. The van der Waals surface area contributed by atoms with Crippen LogP contribution in [0.5, 0.6) is 0 Å². The summed E-state index contributed by atoms with van der Waals surface area (Å²) in [4.78, 5) is 19.5. The first kappa shape index (κ1) is 18.9. The molecule has 4 rings (SSSR count). The van der Waals surface area contributed by atoms with E-state index >= 15 is 0 Å². The van der Waals surface area contributed by atoms with Crippen molar-refractivity contribution in [1.82, 2.24) is 20.4 Å². The lowest BCUT2D eigenvalue weighted by Crippen LogP contribution is -2.23. The smallest absolute Gasteiger partial charge is 0.259 e. The maximum Gasteiger partial charge on any atom is 0.259 e. The average molecular weight is 390 g/mol. The van der Waals surface area contributed by atoms with Crippen molar-refractivity contribution in [3.8, 4) is 11.5 Å². The van der Waals surface area contributed by atoms with E-state index in [1.807, 2.05) is 26.2 Å². The second-order valence-electron chi connectivity index (χ2n) is 7.22. The monoisotopic (exact) mass is 390 g/mol. The van der Waals surface area contributed by atoms with Crippen LogP contribution in [0.25, 0.3) is 22.6 Å². The third-order valence-electron chi connectivity index (χ3n) is 4.61. The molecular weight excluding hydrogens is 368 g/mol. The van der Waals surface area contributed by atoms with Gasteiger partial charge in [-0.3, -0.25) is 4.79 Å². The van der Waals surface area contributed by atoms with E-state index in [0.29, 0.717) is 40.4 Å². The van der Waals surface area contributed by atoms with Crippen LogP contribution < -0.4 is 5.32 Å². The summed E-state index contributed by atoms with van der Waals surface area (Å²) < 4.78 is 10.7. The number of carbonyl (C=O) groups is 1. The second kappa shape index (κ2) is 7.89. The molecule has 3 aromatic heterocycles. The van der Waals surface area contributed by atoms with Gasteiger partial charge in [0.1, 0.15) is 5.69 Å². The van der Waals surface area contributed by atoms with Crippen LogP contribution in [0.15, 0.2) is 57.7 Å². The van der Waals surface area contributed by atoms with E-state index in [1.165, 1.54) is 5.56 Å². The fourth-order valence-corrected chi connectivity index (χ4v) is 3.23. The number of aromatic nitrogens is 2. The number of nitrogens with one attached hydrogen (secondary N) is 1. The number of hydrogen-bond acceptors (Lipinski definition) is 6. The van der Waals surface area contributed by atoms with Crippen LogP contribution in [0.4, 0.5) is 0 Å². The number of pyridine rings is 1. The van der Waals surface area contributed by atoms with Crippen LogP contribution in [-0.4, -0.2) is 35.0 Å². The number of nitrogens with zero attached hydrogens (tertiary/aromatic N) is 3. The zero-order chi connectivity index (χ0) is 20.4. The molecular formula is C22H22N4O3. The molecule has 0 fully saturated rings. The molecule has 7 heteroatoms. The predicted molar refractivity (Wildman–Crippen MR) is 109 cm³/mol. The van der Waals surface area contributed by atoms with E-state index in [4.69, 9.17) is 8.94 Å². The van der Waals surface area contributed by atoms with E-state index < -0.39 is 0 Å². The van der Waals surface area contributed by atoms with Crippen molar-refractivity contribution < 1.29 is 13.7 Å². The molecule has 1 aromatic carbocycles. The van der Waals surface area contributed by atoms with Gasteiger partial charge in [0.2, 0.25) is 0 Å². The minimum Gasteiger partial charge on any atom is -0.463 e. The lowest BCUT2D eigenvalue weighted by atomic mass is 10.1. The maximum atomic E-state index is 13.0. The van der Waals surface area contributed by atoms with E-state index in [9.17, 15) is 4.79 Å². The van der Waals surface area contributed by atoms with E-state index in [2.05, 4.69) is 32.5 Å². The molecule has 1 N–H and O–H groups in total. The lowest BCUT2D eigenvalue weighted by Gasteiger charge is -2.11. The molecule has 0 bridgehead atoms. The van der Waals surface area contributed by atoms with Crippen molar-refractivity contribution in [2.24, 2.45) is 0 Å². The number of hydrogen-bond donors (Lipinski definition) is 1. The molecule has 0 aliphatic carbocycles. The minimum atomic E-state index is -0.214. The number of fused-ring (bicyclic) bond motifs is 1. The molecule has 0 spiro atoms. The van der Waals surface area contributed by atoms with Gasteiger partial charge in [0.25, 0.3) is 11.6 Å². The van der Waals surface area contributed by atoms with Gasteiger partial charge in [-0.1, -0.05) is 29.4 Å². The molecule has 4 aromatic rings. The van der Waals surface area contributed by atoms with Crippen LogP contribution in [0.3, 0.4) is 0 Å². The summed E-state index contributed by atoms with van der Waals surface area (Å²) in [5.41, 5.74) is 4.18. The molecule has 0 radical (unpaired) electrons. The number of rotatable bonds is 6. The Hall–Kier alpha value is -3.45. The first-order chi connectivity index (χ1) is 14.0. The van der Waals surface area contributed by atoms with Crippen molar-refractivity contribution >= 4 is 17.0 Å². The zero-order valence-corrected chi connectivity index (χ0v) is 16.6. The molecule has 148 valence electrons. The highest BCUT2D eigenvalue weighted by Gasteiger charge is 2.20. The molecule has 0 saturated carbocycles. The van der Waals surface area contributed by atoms with Gasteiger partial charge in [-0.15, -0.1) is 0 Å². The minimum absolute atomic E-state index is 0.214. The molecule has 0 unspecified atom stereocenters. The third kappa shape index (κ3) is 4.05. The molecule has 3 heterocycles. The summed E-state index contributed by atoms with van der Waals surface area (Å²) >= 11 is 0. The molecule has 0 aliphatic heterocycles. The summed E-state index contributed by atoms with van der Waals surface area (Å²) in [6.45, 7) is 3.09. The number of amides is 1. The Bertz CT molecular complexity index is 1130. The Morgan fingerprint density at radius 2 is 1.90 bits per heavy atom. The second-order valence-corrected chi connectivity index (χ2v) is 7.22. The average Bonchev–Trinajstić information content (AvgIpc) is 3.36. The summed E-state index contributed by atoms with van der Waals surface area (Å²) in [6, 6.07) is 13.5. The first-order valence-electron chi connectivity index (χ1n) is 9.33. The van der Waals surface area contributed by atoms with Gasteiger partial charge < -0.3 is 19.2 Å². The Labute approximate surface area is 168 Å². The molecule has 0 aliphatic rings. The highest BCUT2D eigenvalue weighted by molar-refractivity contribution is 6.06. The third-order valence-corrected chi connectivity index (χ3v) is 4.61. The highest BCUT2D eigenvalue weighted by Crippen LogP contribution is 2.27. The van der Waals surface area contributed by atoms with Crippen molar-refractivity contribution in [2.75, 3.05) is 14.1 Å². The fourth-order valence-electron chi connectivity index (χ4n) is 3.23. The molecule has 0 saturated heterocycles. The number of carbonyl (C=O) groups excluding carboxylic acids is 1. The van der Waals surface area contributed by atoms with Gasteiger partial charge in [-0.2, -0.15) is 0 Å². The topological polar surface area (TPSA) is 84.4 Å². The number of benzene rings is 1. The predicted octanol–water partition coefficient (Wildman–Crippen LogP) is 3.78. The van der Waals surface area contributed by atoms with Crippen LogP contribution in [0, 0.1) is 6.92 Å². The summed E-state index contributed by atoms with van der Waals surface area (Å²) in [5.74, 6) is 0.348. The largest absolute Gasteiger partial charge is 0.463 e. The Balaban J connectivity index is 1.57. The van der Waals surface area contributed by atoms with Crippen molar-refractivity contribution in [1.29, 1.82) is 0 Å². The molecule has 7 nitrogen and oxygen atoms in total. The number of furan rings is 1. The van der Waals surface area contributed by atoms with Crippen molar-refractivity contribution in [2.45, 2.75) is 20.0 Å². The van der Waals surface area contributed by atoms with E-state index in [1.54, 1.807) is 31.4 Å². The van der Waals surface area contributed by atoms with Gasteiger partial charge in [0.05, 0.1) is 22.9 Å². The normalized spacial score (nSPS) is 11.3. The van der Waals surface area contributed by atoms with E-state index in [-0.39, 0.29) is 5.91 Å². The van der Waals surface area contributed by atoms with Crippen LogP contribution in [-0.2, 0) is 13.1 Å². The summed E-state index contributed by atoms with van der Waals surface area (Å²) in [5, 5.41) is 7.55. The maximum absolute atomic E-state index is 13.0. The van der Waals surface area contributed by atoms with Gasteiger partial charge in [0.15, 0.2) is 5.76 Å². The summed E-state index contributed by atoms with van der Waals surface area (Å²) in [6.07, 6.45) is 1.56. The van der Waals surface area contributed by atoms with Gasteiger partial charge in [-0.05, 0) is 50.3 Å². The standard InChI is InChI=1S/C22H22N4O3/c1-14-20-17(11-18(19-5-4-10-28-19)24-22(20)29-25-14)21(27)23-12-15-6-8-16(9-7-15)13-26(2)3/h4-11H,12-13H2,1-3H3,(H,23,27). The Morgan fingerprint density at radius 1 is 1.14 bits per heavy atom. The van der Waals surface area contributed by atoms with Gasteiger partial charge >= 0.3 is 0 Å². The summed E-state index contributed by atoms with van der Waals surface area (Å²) in [7, 11) is 4.07.